The van der Waals surface area contributed by atoms with Crippen LogP contribution in [0.3, 0.4) is 0 Å². The van der Waals surface area contributed by atoms with Gasteiger partial charge < -0.3 is 14.2 Å². The Hall–Kier alpha value is -2.54. The molecule has 3 aromatic carbocycles. The molecule has 1 amide bonds. The van der Waals surface area contributed by atoms with Crippen molar-refractivity contribution in [3.8, 4) is 16.9 Å². The Labute approximate surface area is 216 Å². The second-order valence-corrected chi connectivity index (χ2v) is 9.48. The lowest BCUT2D eigenvalue weighted by atomic mass is 10.0. The molecular formula is C26H22BrCl2FN2O2. The van der Waals surface area contributed by atoms with Gasteiger partial charge in [0.2, 0.25) is 0 Å². The van der Waals surface area contributed by atoms with Crippen molar-refractivity contribution in [2.45, 2.75) is 20.4 Å². The first-order valence-electron chi connectivity index (χ1n) is 10.8. The standard InChI is InChI=1S/C26H22BrCl2FN2O2/c1-3-31(4-2)26(33)34-24-8-7-23-21(25(24)16-11-18(28)14-19(29)12-16)9-10-32(23)15-17-13-20(30)5-6-22(17)27/h5-14H,3-4,15H2,1-2H3. The third-order valence-electron chi connectivity index (χ3n) is 5.63. The van der Waals surface area contributed by atoms with Gasteiger partial charge in [-0.25, -0.2) is 9.18 Å². The molecule has 0 spiro atoms. The van der Waals surface area contributed by atoms with Crippen molar-refractivity contribution in [2.75, 3.05) is 13.1 Å². The van der Waals surface area contributed by atoms with Crippen LogP contribution in [0.4, 0.5) is 9.18 Å². The number of hydrogen-bond acceptors (Lipinski definition) is 2. The average molecular weight is 564 g/mol. The van der Waals surface area contributed by atoms with E-state index in [1.165, 1.54) is 12.1 Å². The van der Waals surface area contributed by atoms with E-state index >= 15 is 0 Å². The van der Waals surface area contributed by atoms with Gasteiger partial charge in [-0.05, 0) is 79.6 Å². The molecule has 0 atom stereocenters. The summed E-state index contributed by atoms with van der Waals surface area (Å²) in [6.07, 6.45) is 1.50. The Bertz CT molecular complexity index is 1350. The minimum absolute atomic E-state index is 0.297. The van der Waals surface area contributed by atoms with Crippen molar-refractivity contribution >= 4 is 56.1 Å². The molecule has 0 aliphatic carbocycles. The fourth-order valence-electron chi connectivity index (χ4n) is 3.96. The normalized spacial score (nSPS) is 11.1. The van der Waals surface area contributed by atoms with Gasteiger partial charge >= 0.3 is 6.09 Å². The summed E-state index contributed by atoms with van der Waals surface area (Å²) in [6.45, 7) is 5.33. The SMILES string of the molecule is CCN(CC)C(=O)Oc1ccc2c(ccn2Cc2cc(F)ccc2Br)c1-c1cc(Cl)cc(Cl)c1. The summed E-state index contributed by atoms with van der Waals surface area (Å²) in [5, 5.41) is 1.81. The number of aromatic nitrogens is 1. The molecule has 0 fully saturated rings. The van der Waals surface area contributed by atoms with E-state index in [0.717, 1.165) is 26.5 Å². The van der Waals surface area contributed by atoms with Gasteiger partial charge in [-0.15, -0.1) is 0 Å². The third-order valence-corrected chi connectivity index (χ3v) is 6.84. The lowest BCUT2D eigenvalue weighted by Gasteiger charge is -2.20. The molecule has 4 aromatic rings. The Kier molecular flexibility index (Phi) is 7.51. The van der Waals surface area contributed by atoms with Crippen molar-refractivity contribution in [3.05, 3.63) is 86.7 Å². The molecule has 0 unspecified atom stereocenters. The summed E-state index contributed by atoms with van der Waals surface area (Å²) in [6, 6.07) is 15.5. The van der Waals surface area contributed by atoms with Crippen molar-refractivity contribution in [3.63, 3.8) is 0 Å². The lowest BCUT2D eigenvalue weighted by Crippen LogP contribution is -2.33. The van der Waals surface area contributed by atoms with Crippen LogP contribution in [0.25, 0.3) is 22.0 Å². The molecular weight excluding hydrogens is 542 g/mol. The minimum atomic E-state index is -0.429. The predicted octanol–water partition coefficient (Wildman–Crippen LogP) is 8.41. The number of rotatable bonds is 6. The van der Waals surface area contributed by atoms with Crippen LogP contribution < -0.4 is 4.74 Å². The van der Waals surface area contributed by atoms with E-state index in [2.05, 4.69) is 15.9 Å². The van der Waals surface area contributed by atoms with Gasteiger partial charge in [0, 0.05) is 56.8 Å². The molecule has 0 bridgehead atoms. The number of hydrogen-bond donors (Lipinski definition) is 0. The molecule has 1 aromatic heterocycles. The van der Waals surface area contributed by atoms with E-state index < -0.39 is 6.09 Å². The highest BCUT2D eigenvalue weighted by Crippen LogP contribution is 2.40. The number of nitrogens with zero attached hydrogens (tertiary/aromatic N) is 2. The topological polar surface area (TPSA) is 34.5 Å². The maximum Gasteiger partial charge on any atom is 0.415 e. The number of carbonyl (C=O) groups excluding carboxylic acids is 1. The number of amides is 1. The maximum atomic E-state index is 13.8. The van der Waals surface area contributed by atoms with Crippen LogP contribution >= 0.6 is 39.1 Å². The number of fused-ring (bicyclic) bond motifs is 1. The fraction of sp³-hybridized carbons (Fsp3) is 0.192. The van der Waals surface area contributed by atoms with Crippen molar-refractivity contribution in [1.82, 2.24) is 9.47 Å². The second-order valence-electron chi connectivity index (χ2n) is 7.75. The third kappa shape index (κ3) is 5.09. The van der Waals surface area contributed by atoms with Crippen molar-refractivity contribution in [1.29, 1.82) is 0 Å². The van der Waals surface area contributed by atoms with Gasteiger partial charge in [-0.1, -0.05) is 39.1 Å². The van der Waals surface area contributed by atoms with Crippen LogP contribution in [0.2, 0.25) is 10.0 Å². The van der Waals surface area contributed by atoms with Crippen LogP contribution in [-0.2, 0) is 6.54 Å². The van der Waals surface area contributed by atoms with Gasteiger partial charge in [-0.3, -0.25) is 0 Å². The molecule has 1 heterocycles. The highest BCUT2D eigenvalue weighted by molar-refractivity contribution is 9.10. The van der Waals surface area contributed by atoms with Gasteiger partial charge in [0.1, 0.15) is 11.6 Å². The van der Waals surface area contributed by atoms with Crippen molar-refractivity contribution in [2.24, 2.45) is 0 Å². The van der Waals surface area contributed by atoms with Gasteiger partial charge in [0.15, 0.2) is 0 Å². The first-order valence-corrected chi connectivity index (χ1v) is 12.3. The van der Waals surface area contributed by atoms with Gasteiger partial charge in [-0.2, -0.15) is 0 Å². The zero-order valence-corrected chi connectivity index (χ0v) is 21.7. The number of ether oxygens (including phenoxy) is 1. The lowest BCUT2D eigenvalue weighted by molar-refractivity contribution is 0.157. The average Bonchev–Trinajstić information content (AvgIpc) is 3.19. The van der Waals surface area contributed by atoms with E-state index in [9.17, 15) is 9.18 Å². The predicted molar refractivity (Wildman–Crippen MR) is 140 cm³/mol. The quantitative estimate of drug-likeness (QED) is 0.236. The van der Waals surface area contributed by atoms with Crippen LogP contribution in [0.15, 0.2) is 65.3 Å². The van der Waals surface area contributed by atoms with E-state index in [-0.39, 0.29) is 5.82 Å². The summed E-state index contributed by atoms with van der Waals surface area (Å²) in [4.78, 5) is 14.4. The Morgan fingerprint density at radius 2 is 1.74 bits per heavy atom. The molecule has 0 aliphatic heterocycles. The van der Waals surface area contributed by atoms with Gasteiger partial charge in [0.05, 0.1) is 0 Å². The minimum Gasteiger partial charge on any atom is -0.410 e. The fourth-order valence-corrected chi connectivity index (χ4v) is 4.86. The second kappa shape index (κ2) is 10.4. The van der Waals surface area contributed by atoms with E-state index in [1.807, 2.05) is 36.7 Å². The van der Waals surface area contributed by atoms with E-state index in [4.69, 9.17) is 27.9 Å². The molecule has 34 heavy (non-hydrogen) atoms. The molecule has 0 saturated heterocycles. The Morgan fingerprint density at radius 3 is 2.41 bits per heavy atom. The molecule has 0 N–H and O–H groups in total. The molecule has 8 heteroatoms. The Morgan fingerprint density at radius 1 is 1.03 bits per heavy atom. The van der Waals surface area contributed by atoms with E-state index in [1.54, 1.807) is 35.2 Å². The summed E-state index contributed by atoms with van der Waals surface area (Å²) in [7, 11) is 0. The van der Waals surface area contributed by atoms with Gasteiger partial charge in [0.25, 0.3) is 0 Å². The molecule has 176 valence electrons. The summed E-state index contributed by atoms with van der Waals surface area (Å²) in [5.41, 5.74) is 3.14. The number of carbonyl (C=O) groups is 1. The van der Waals surface area contributed by atoms with Crippen LogP contribution in [0.1, 0.15) is 19.4 Å². The Balaban J connectivity index is 1.86. The molecule has 0 radical (unpaired) electrons. The maximum absolute atomic E-state index is 13.8. The summed E-state index contributed by atoms with van der Waals surface area (Å²) in [5.74, 6) is 0.113. The number of benzene rings is 3. The largest absolute Gasteiger partial charge is 0.415 e. The molecule has 4 rings (SSSR count). The summed E-state index contributed by atoms with van der Waals surface area (Å²) >= 11 is 16.1. The molecule has 4 nitrogen and oxygen atoms in total. The molecule has 0 saturated carbocycles. The zero-order valence-electron chi connectivity index (χ0n) is 18.6. The smallest absolute Gasteiger partial charge is 0.410 e. The molecule has 0 aliphatic rings. The monoisotopic (exact) mass is 562 g/mol. The highest BCUT2D eigenvalue weighted by atomic mass is 79.9. The van der Waals surface area contributed by atoms with Crippen molar-refractivity contribution < 1.29 is 13.9 Å². The highest BCUT2D eigenvalue weighted by Gasteiger charge is 2.20. The number of halogens is 4. The van der Waals surface area contributed by atoms with Crippen LogP contribution in [0, 0.1) is 5.82 Å². The van der Waals surface area contributed by atoms with Crippen LogP contribution in [0.5, 0.6) is 5.75 Å². The zero-order chi connectivity index (χ0) is 24.4. The van der Waals surface area contributed by atoms with E-state index in [0.29, 0.717) is 41.0 Å². The first-order chi connectivity index (χ1) is 16.3. The first kappa shape index (κ1) is 24.6. The summed E-state index contributed by atoms with van der Waals surface area (Å²) < 4.78 is 22.5. The van der Waals surface area contributed by atoms with Crippen LogP contribution in [-0.4, -0.2) is 28.6 Å².